The van der Waals surface area contributed by atoms with Crippen molar-refractivity contribution >= 4 is 11.9 Å². The Morgan fingerprint density at radius 2 is 1.91 bits per heavy atom. The standard InChI is InChI=1S/C17H26N4O2/c1-13-5-3-4-6-14(13)11-19-17(23)20-15-7-9-21(10-8-15)12-16(22)18-2/h3-6,15H,7-12H2,1-2H3,(H,18,22)(H2,19,20,23). The van der Waals surface area contributed by atoms with E-state index in [0.717, 1.165) is 31.5 Å². The van der Waals surface area contributed by atoms with Gasteiger partial charge >= 0.3 is 6.03 Å². The molecule has 0 aliphatic carbocycles. The van der Waals surface area contributed by atoms with E-state index in [0.29, 0.717) is 13.1 Å². The number of nitrogens with zero attached hydrogens (tertiary/aromatic N) is 1. The van der Waals surface area contributed by atoms with Gasteiger partial charge in [-0.05, 0) is 30.9 Å². The number of hydrogen-bond acceptors (Lipinski definition) is 3. The predicted octanol–water partition coefficient (Wildman–Crippen LogP) is 1.00. The van der Waals surface area contributed by atoms with E-state index in [-0.39, 0.29) is 18.0 Å². The van der Waals surface area contributed by atoms with E-state index in [2.05, 4.69) is 20.9 Å². The number of rotatable bonds is 5. The molecule has 1 aromatic carbocycles. The van der Waals surface area contributed by atoms with Gasteiger partial charge in [-0.1, -0.05) is 24.3 Å². The van der Waals surface area contributed by atoms with Crippen LogP contribution in [0.1, 0.15) is 24.0 Å². The third kappa shape index (κ3) is 5.56. The maximum Gasteiger partial charge on any atom is 0.315 e. The Balaban J connectivity index is 1.69. The van der Waals surface area contributed by atoms with Gasteiger partial charge in [-0.25, -0.2) is 4.79 Å². The number of amides is 3. The summed E-state index contributed by atoms with van der Waals surface area (Å²) in [6, 6.07) is 8.07. The number of nitrogens with one attached hydrogen (secondary N) is 3. The van der Waals surface area contributed by atoms with Crippen molar-refractivity contribution in [2.45, 2.75) is 32.4 Å². The first-order valence-corrected chi connectivity index (χ1v) is 8.10. The molecule has 1 aromatic rings. The van der Waals surface area contributed by atoms with E-state index in [1.807, 2.05) is 31.2 Å². The molecule has 0 atom stereocenters. The number of hydrogen-bond donors (Lipinski definition) is 3. The highest BCUT2D eigenvalue weighted by Crippen LogP contribution is 2.10. The molecule has 0 spiro atoms. The van der Waals surface area contributed by atoms with Gasteiger partial charge < -0.3 is 16.0 Å². The fourth-order valence-electron chi connectivity index (χ4n) is 2.74. The van der Waals surface area contributed by atoms with Crippen molar-refractivity contribution in [3.05, 3.63) is 35.4 Å². The normalized spacial score (nSPS) is 15.9. The number of aryl methyl sites for hydroxylation is 1. The van der Waals surface area contributed by atoms with Crippen LogP contribution in [0.4, 0.5) is 4.79 Å². The van der Waals surface area contributed by atoms with Gasteiger partial charge in [0.05, 0.1) is 6.54 Å². The summed E-state index contributed by atoms with van der Waals surface area (Å²) in [5, 5.41) is 8.56. The van der Waals surface area contributed by atoms with E-state index in [9.17, 15) is 9.59 Å². The molecule has 126 valence electrons. The molecule has 6 heteroatoms. The van der Waals surface area contributed by atoms with Gasteiger partial charge in [-0.2, -0.15) is 0 Å². The molecule has 0 unspecified atom stereocenters. The number of urea groups is 1. The van der Waals surface area contributed by atoms with Gasteiger partial charge in [0, 0.05) is 32.7 Å². The van der Waals surface area contributed by atoms with E-state index in [1.165, 1.54) is 5.56 Å². The monoisotopic (exact) mass is 318 g/mol. The Bertz CT molecular complexity index is 539. The number of carbonyl (C=O) groups excluding carboxylic acids is 2. The summed E-state index contributed by atoms with van der Waals surface area (Å²) in [6.45, 7) is 4.67. The second-order valence-electron chi connectivity index (χ2n) is 5.98. The summed E-state index contributed by atoms with van der Waals surface area (Å²) in [5.41, 5.74) is 2.30. The van der Waals surface area contributed by atoms with Crippen LogP contribution in [0.3, 0.4) is 0 Å². The average molecular weight is 318 g/mol. The van der Waals surface area contributed by atoms with Gasteiger partial charge in [-0.3, -0.25) is 9.69 Å². The predicted molar refractivity (Wildman–Crippen MR) is 90.1 cm³/mol. The molecule has 3 amide bonds. The lowest BCUT2D eigenvalue weighted by molar-refractivity contribution is -0.122. The Morgan fingerprint density at radius 3 is 2.57 bits per heavy atom. The molecular weight excluding hydrogens is 292 g/mol. The minimum Gasteiger partial charge on any atom is -0.358 e. The maximum atomic E-state index is 12.0. The van der Waals surface area contributed by atoms with Gasteiger partial charge in [0.2, 0.25) is 5.91 Å². The first-order valence-electron chi connectivity index (χ1n) is 8.10. The molecule has 0 bridgehead atoms. The number of piperidine rings is 1. The van der Waals surface area contributed by atoms with Crippen LogP contribution in [0.2, 0.25) is 0 Å². The summed E-state index contributed by atoms with van der Waals surface area (Å²) in [6.07, 6.45) is 1.74. The van der Waals surface area contributed by atoms with E-state index >= 15 is 0 Å². The van der Waals surface area contributed by atoms with E-state index < -0.39 is 0 Å². The van der Waals surface area contributed by atoms with Crippen LogP contribution < -0.4 is 16.0 Å². The number of likely N-dealkylation sites (tertiary alicyclic amines) is 1. The van der Waals surface area contributed by atoms with Gasteiger partial charge in [-0.15, -0.1) is 0 Å². The first kappa shape index (κ1) is 17.3. The van der Waals surface area contributed by atoms with E-state index in [4.69, 9.17) is 0 Å². The largest absolute Gasteiger partial charge is 0.358 e. The molecule has 6 nitrogen and oxygen atoms in total. The summed E-state index contributed by atoms with van der Waals surface area (Å²) >= 11 is 0. The van der Waals surface area contributed by atoms with Crippen LogP contribution in [-0.2, 0) is 11.3 Å². The zero-order valence-electron chi connectivity index (χ0n) is 13.9. The average Bonchev–Trinajstić information content (AvgIpc) is 2.56. The summed E-state index contributed by atoms with van der Waals surface area (Å²) in [7, 11) is 1.65. The fraction of sp³-hybridized carbons (Fsp3) is 0.529. The smallest absolute Gasteiger partial charge is 0.315 e. The Morgan fingerprint density at radius 1 is 1.22 bits per heavy atom. The molecule has 3 N–H and O–H groups in total. The molecule has 0 saturated carbocycles. The first-order chi connectivity index (χ1) is 11.1. The zero-order valence-corrected chi connectivity index (χ0v) is 13.9. The molecule has 1 fully saturated rings. The number of carbonyl (C=O) groups is 2. The molecular formula is C17H26N4O2. The minimum atomic E-state index is -0.127. The molecule has 1 aliphatic rings. The van der Waals surface area contributed by atoms with Crippen LogP contribution >= 0.6 is 0 Å². The third-order valence-electron chi connectivity index (χ3n) is 4.27. The minimum absolute atomic E-state index is 0.0346. The third-order valence-corrected chi connectivity index (χ3v) is 4.27. The van der Waals surface area contributed by atoms with E-state index in [1.54, 1.807) is 7.05 Å². The second-order valence-corrected chi connectivity index (χ2v) is 5.98. The summed E-state index contributed by atoms with van der Waals surface area (Å²) in [5.74, 6) is 0.0346. The van der Waals surface area contributed by atoms with Crippen molar-refractivity contribution in [2.75, 3.05) is 26.7 Å². The van der Waals surface area contributed by atoms with Crippen LogP contribution in [0, 0.1) is 6.92 Å². The lowest BCUT2D eigenvalue weighted by atomic mass is 10.1. The van der Waals surface area contributed by atoms with Crippen LogP contribution in [-0.4, -0.2) is 49.6 Å². The number of benzene rings is 1. The fourth-order valence-corrected chi connectivity index (χ4v) is 2.74. The highest BCUT2D eigenvalue weighted by Gasteiger charge is 2.21. The lowest BCUT2D eigenvalue weighted by Gasteiger charge is -2.31. The molecule has 2 rings (SSSR count). The second kappa shape index (κ2) is 8.53. The number of likely N-dealkylation sites (N-methyl/N-ethyl adjacent to an activating group) is 1. The molecule has 1 aliphatic heterocycles. The lowest BCUT2D eigenvalue weighted by Crippen LogP contribution is -2.49. The van der Waals surface area contributed by atoms with Crippen molar-refractivity contribution in [1.29, 1.82) is 0 Å². The SMILES string of the molecule is CNC(=O)CN1CCC(NC(=O)NCc2ccccc2C)CC1. The quantitative estimate of drug-likeness (QED) is 0.758. The van der Waals surface area contributed by atoms with Crippen LogP contribution in [0.5, 0.6) is 0 Å². The molecule has 23 heavy (non-hydrogen) atoms. The molecule has 0 radical (unpaired) electrons. The molecule has 0 aromatic heterocycles. The van der Waals surface area contributed by atoms with Crippen LogP contribution in [0.15, 0.2) is 24.3 Å². The zero-order chi connectivity index (χ0) is 16.7. The summed E-state index contributed by atoms with van der Waals surface area (Å²) < 4.78 is 0. The highest BCUT2D eigenvalue weighted by atomic mass is 16.2. The van der Waals surface area contributed by atoms with Crippen molar-refractivity contribution in [2.24, 2.45) is 0 Å². The highest BCUT2D eigenvalue weighted by molar-refractivity contribution is 5.77. The van der Waals surface area contributed by atoms with Gasteiger partial charge in [0.15, 0.2) is 0 Å². The molecule has 1 saturated heterocycles. The van der Waals surface area contributed by atoms with Gasteiger partial charge in [0.25, 0.3) is 0 Å². The Labute approximate surface area is 137 Å². The topological polar surface area (TPSA) is 73.5 Å². The van der Waals surface area contributed by atoms with Crippen molar-refractivity contribution < 1.29 is 9.59 Å². The molecule has 1 heterocycles. The van der Waals surface area contributed by atoms with Crippen molar-refractivity contribution in [3.8, 4) is 0 Å². The Hall–Kier alpha value is -2.08. The maximum absolute atomic E-state index is 12.0. The van der Waals surface area contributed by atoms with Crippen molar-refractivity contribution in [1.82, 2.24) is 20.9 Å². The summed E-state index contributed by atoms with van der Waals surface area (Å²) in [4.78, 5) is 25.5. The Kier molecular flexibility index (Phi) is 6.40. The van der Waals surface area contributed by atoms with Gasteiger partial charge in [0.1, 0.15) is 0 Å². The van der Waals surface area contributed by atoms with Crippen molar-refractivity contribution in [3.63, 3.8) is 0 Å². The van der Waals surface area contributed by atoms with Crippen LogP contribution in [0.25, 0.3) is 0 Å².